The van der Waals surface area contributed by atoms with Gasteiger partial charge in [-0.15, -0.1) is 24.0 Å². The SMILES string of the molecule is CCNC(=NCc1cccnc1OC)N1CCOC(C2CCCO2)C1.I. The number of halogens is 1. The van der Waals surface area contributed by atoms with Gasteiger partial charge in [-0.2, -0.15) is 0 Å². The van der Waals surface area contributed by atoms with Crippen molar-refractivity contribution < 1.29 is 14.2 Å². The van der Waals surface area contributed by atoms with E-state index in [9.17, 15) is 0 Å². The van der Waals surface area contributed by atoms with E-state index in [0.29, 0.717) is 19.0 Å². The van der Waals surface area contributed by atoms with Gasteiger partial charge in [0.2, 0.25) is 5.88 Å². The van der Waals surface area contributed by atoms with E-state index in [1.807, 2.05) is 12.1 Å². The van der Waals surface area contributed by atoms with Crippen LogP contribution in [-0.4, -0.2) is 68.0 Å². The van der Waals surface area contributed by atoms with Gasteiger partial charge in [0.25, 0.3) is 0 Å². The molecule has 2 aliphatic heterocycles. The molecule has 1 N–H and O–H groups in total. The molecular weight excluding hydrogens is 447 g/mol. The zero-order valence-corrected chi connectivity index (χ0v) is 17.8. The third-order valence-corrected chi connectivity index (χ3v) is 4.55. The smallest absolute Gasteiger partial charge is 0.218 e. The standard InChI is InChI=1S/C18H28N4O3.HI/c1-3-19-18(21-12-14-6-4-8-20-17(14)23-2)22-9-11-25-16(13-22)15-7-5-10-24-15;/h4,6,8,15-16H,3,5,7,9-13H2,1-2H3,(H,19,21);1H. The van der Waals surface area contributed by atoms with Crippen LogP contribution >= 0.6 is 24.0 Å². The van der Waals surface area contributed by atoms with Crippen molar-refractivity contribution >= 4 is 29.9 Å². The lowest BCUT2D eigenvalue weighted by molar-refractivity contribution is -0.0817. The fourth-order valence-corrected chi connectivity index (χ4v) is 3.30. The zero-order chi connectivity index (χ0) is 17.5. The Morgan fingerprint density at radius 2 is 2.23 bits per heavy atom. The van der Waals surface area contributed by atoms with E-state index in [4.69, 9.17) is 19.2 Å². The molecule has 146 valence electrons. The van der Waals surface area contributed by atoms with Crippen LogP contribution in [0.25, 0.3) is 0 Å². The number of morpholine rings is 1. The van der Waals surface area contributed by atoms with Gasteiger partial charge in [-0.3, -0.25) is 0 Å². The molecule has 2 aliphatic rings. The summed E-state index contributed by atoms with van der Waals surface area (Å²) in [6.45, 7) is 6.62. The predicted molar refractivity (Wildman–Crippen MR) is 111 cm³/mol. The van der Waals surface area contributed by atoms with E-state index in [1.165, 1.54) is 0 Å². The molecule has 2 saturated heterocycles. The summed E-state index contributed by atoms with van der Waals surface area (Å²) in [6, 6.07) is 3.90. The molecule has 0 saturated carbocycles. The summed E-state index contributed by atoms with van der Waals surface area (Å²) < 4.78 is 17.1. The molecule has 0 aliphatic carbocycles. The van der Waals surface area contributed by atoms with Crippen molar-refractivity contribution in [3.63, 3.8) is 0 Å². The Labute approximate surface area is 172 Å². The van der Waals surface area contributed by atoms with Gasteiger partial charge in [0.05, 0.1) is 26.4 Å². The number of hydrogen-bond donors (Lipinski definition) is 1. The highest BCUT2D eigenvalue weighted by Gasteiger charge is 2.32. The van der Waals surface area contributed by atoms with Crippen LogP contribution in [0.1, 0.15) is 25.3 Å². The molecule has 2 atom stereocenters. The number of aliphatic imine (C=N–C) groups is 1. The second-order valence-corrected chi connectivity index (χ2v) is 6.25. The highest BCUT2D eigenvalue weighted by atomic mass is 127. The third kappa shape index (κ3) is 5.43. The average Bonchev–Trinajstić information content (AvgIpc) is 3.20. The van der Waals surface area contributed by atoms with Crippen LogP contribution in [-0.2, 0) is 16.0 Å². The Balaban J connectivity index is 0.00000243. The first-order chi connectivity index (χ1) is 12.3. The quantitative estimate of drug-likeness (QED) is 0.399. The van der Waals surface area contributed by atoms with Gasteiger partial charge in [-0.25, -0.2) is 9.98 Å². The normalized spacial score (nSPS) is 23.5. The monoisotopic (exact) mass is 476 g/mol. The molecule has 0 bridgehead atoms. The Bertz CT molecular complexity index is 581. The summed E-state index contributed by atoms with van der Waals surface area (Å²) in [7, 11) is 1.63. The Morgan fingerprint density at radius 3 is 2.96 bits per heavy atom. The topological polar surface area (TPSA) is 68.2 Å². The highest BCUT2D eigenvalue weighted by Crippen LogP contribution is 2.21. The first kappa shape index (κ1) is 21.2. The van der Waals surface area contributed by atoms with E-state index >= 15 is 0 Å². The highest BCUT2D eigenvalue weighted by molar-refractivity contribution is 14.0. The number of nitrogens with zero attached hydrogens (tertiary/aromatic N) is 3. The zero-order valence-electron chi connectivity index (χ0n) is 15.5. The second-order valence-electron chi connectivity index (χ2n) is 6.25. The molecule has 2 fully saturated rings. The molecular formula is C18H29IN4O3. The summed E-state index contributed by atoms with van der Waals surface area (Å²) in [5, 5.41) is 3.39. The van der Waals surface area contributed by atoms with Gasteiger partial charge in [-0.1, -0.05) is 6.07 Å². The van der Waals surface area contributed by atoms with Crippen LogP contribution in [0, 0.1) is 0 Å². The van der Waals surface area contributed by atoms with Crippen LogP contribution in [0.5, 0.6) is 5.88 Å². The summed E-state index contributed by atoms with van der Waals surface area (Å²) >= 11 is 0. The molecule has 7 nitrogen and oxygen atoms in total. The minimum Gasteiger partial charge on any atom is -0.481 e. The molecule has 3 heterocycles. The predicted octanol–water partition coefficient (Wildman–Crippen LogP) is 2.05. The molecule has 3 rings (SSSR count). The van der Waals surface area contributed by atoms with Gasteiger partial charge in [0.1, 0.15) is 6.10 Å². The van der Waals surface area contributed by atoms with Crippen LogP contribution in [0.3, 0.4) is 0 Å². The molecule has 1 aromatic heterocycles. The molecule has 26 heavy (non-hydrogen) atoms. The summed E-state index contributed by atoms with van der Waals surface area (Å²) in [5.74, 6) is 1.53. The molecule has 0 aromatic carbocycles. The fourth-order valence-electron chi connectivity index (χ4n) is 3.30. The van der Waals surface area contributed by atoms with Crippen molar-refractivity contribution in [3.8, 4) is 5.88 Å². The van der Waals surface area contributed by atoms with Crippen LogP contribution in [0.2, 0.25) is 0 Å². The van der Waals surface area contributed by atoms with Crippen molar-refractivity contribution in [2.45, 2.75) is 38.5 Å². The summed E-state index contributed by atoms with van der Waals surface area (Å²) in [5.41, 5.74) is 0.976. The number of ether oxygens (including phenoxy) is 3. The lowest BCUT2D eigenvalue weighted by Gasteiger charge is -2.37. The molecule has 1 aromatic rings. The van der Waals surface area contributed by atoms with Crippen molar-refractivity contribution in [1.82, 2.24) is 15.2 Å². The third-order valence-electron chi connectivity index (χ3n) is 4.55. The molecule has 0 spiro atoms. The van der Waals surface area contributed by atoms with Gasteiger partial charge in [0, 0.05) is 38.0 Å². The van der Waals surface area contributed by atoms with Crippen molar-refractivity contribution in [1.29, 1.82) is 0 Å². The van der Waals surface area contributed by atoms with Crippen LogP contribution in [0.4, 0.5) is 0 Å². The van der Waals surface area contributed by atoms with Crippen molar-refractivity contribution in [3.05, 3.63) is 23.9 Å². The van der Waals surface area contributed by atoms with Crippen molar-refractivity contribution in [2.24, 2.45) is 4.99 Å². The maximum absolute atomic E-state index is 5.94. The Hall–Kier alpha value is -1.13. The number of methoxy groups -OCH3 is 1. The number of guanidine groups is 1. The Kier molecular flexibility index (Phi) is 8.86. The van der Waals surface area contributed by atoms with E-state index in [1.54, 1.807) is 13.3 Å². The van der Waals surface area contributed by atoms with Crippen molar-refractivity contribution in [2.75, 3.05) is 40.0 Å². The molecule has 2 unspecified atom stereocenters. The maximum Gasteiger partial charge on any atom is 0.218 e. The number of nitrogens with one attached hydrogen (secondary N) is 1. The Morgan fingerprint density at radius 1 is 1.38 bits per heavy atom. The molecule has 0 amide bonds. The average molecular weight is 476 g/mol. The largest absolute Gasteiger partial charge is 0.481 e. The summed E-state index contributed by atoms with van der Waals surface area (Å²) in [6.07, 6.45) is 4.27. The number of pyridine rings is 1. The van der Waals surface area contributed by atoms with Gasteiger partial charge in [0.15, 0.2) is 5.96 Å². The summed E-state index contributed by atoms with van der Waals surface area (Å²) in [4.78, 5) is 11.3. The van der Waals surface area contributed by atoms with E-state index in [-0.39, 0.29) is 36.2 Å². The van der Waals surface area contributed by atoms with Gasteiger partial charge < -0.3 is 24.4 Å². The minimum absolute atomic E-state index is 0. The van der Waals surface area contributed by atoms with Crippen LogP contribution in [0.15, 0.2) is 23.3 Å². The maximum atomic E-state index is 5.94. The molecule has 0 radical (unpaired) electrons. The first-order valence-corrected chi connectivity index (χ1v) is 9.06. The lowest BCUT2D eigenvalue weighted by atomic mass is 10.1. The van der Waals surface area contributed by atoms with E-state index < -0.39 is 0 Å². The minimum atomic E-state index is 0. The number of rotatable bonds is 5. The van der Waals surface area contributed by atoms with Gasteiger partial charge in [-0.05, 0) is 25.8 Å². The lowest BCUT2D eigenvalue weighted by Crippen LogP contribution is -2.53. The number of aromatic nitrogens is 1. The van der Waals surface area contributed by atoms with E-state index in [0.717, 1.165) is 50.6 Å². The van der Waals surface area contributed by atoms with Gasteiger partial charge >= 0.3 is 0 Å². The number of hydrogen-bond acceptors (Lipinski definition) is 5. The molecule has 8 heteroatoms. The van der Waals surface area contributed by atoms with Crippen LogP contribution < -0.4 is 10.1 Å². The van der Waals surface area contributed by atoms with E-state index in [2.05, 4.69) is 22.1 Å². The fraction of sp³-hybridized carbons (Fsp3) is 0.667. The first-order valence-electron chi connectivity index (χ1n) is 9.06. The second kappa shape index (κ2) is 10.9.